The molecule has 1 N–H and O–H groups in total. The van der Waals surface area contributed by atoms with Gasteiger partial charge in [0.25, 0.3) is 5.91 Å². The number of para-hydroxylation sites is 1. The van der Waals surface area contributed by atoms with Crippen LogP contribution in [-0.2, 0) is 6.61 Å². The summed E-state index contributed by atoms with van der Waals surface area (Å²) >= 11 is 6.10. The van der Waals surface area contributed by atoms with Crippen molar-refractivity contribution in [3.63, 3.8) is 0 Å². The zero-order valence-corrected chi connectivity index (χ0v) is 15.7. The Labute approximate surface area is 163 Å². The molecule has 3 aromatic carbocycles. The summed E-state index contributed by atoms with van der Waals surface area (Å²) in [7, 11) is 0. The number of hydrogen-bond donors (Lipinski definition) is 1. The number of amides is 1. The Morgan fingerprint density at radius 3 is 2.41 bits per heavy atom. The van der Waals surface area contributed by atoms with Gasteiger partial charge in [-0.15, -0.1) is 0 Å². The van der Waals surface area contributed by atoms with Crippen LogP contribution in [0.15, 0.2) is 72.8 Å². The van der Waals surface area contributed by atoms with E-state index in [0.29, 0.717) is 41.0 Å². The van der Waals surface area contributed by atoms with Gasteiger partial charge in [-0.3, -0.25) is 4.79 Å². The number of carbonyl (C=O) groups is 1. The molecule has 5 heteroatoms. The average molecular weight is 382 g/mol. The molecule has 0 aromatic heterocycles. The van der Waals surface area contributed by atoms with Crippen LogP contribution in [0.4, 0.5) is 5.69 Å². The first-order valence-corrected chi connectivity index (χ1v) is 9.04. The zero-order chi connectivity index (χ0) is 19.1. The van der Waals surface area contributed by atoms with Crippen molar-refractivity contribution in [2.75, 3.05) is 11.9 Å². The van der Waals surface area contributed by atoms with E-state index >= 15 is 0 Å². The minimum atomic E-state index is -0.265. The molecule has 3 aromatic rings. The first-order valence-electron chi connectivity index (χ1n) is 8.67. The number of ether oxygens (including phenoxy) is 2. The maximum absolute atomic E-state index is 12.5. The lowest BCUT2D eigenvalue weighted by molar-refractivity contribution is 0.102. The Morgan fingerprint density at radius 2 is 1.67 bits per heavy atom. The molecule has 0 aliphatic rings. The van der Waals surface area contributed by atoms with E-state index in [4.69, 9.17) is 21.1 Å². The van der Waals surface area contributed by atoms with Gasteiger partial charge in [0, 0.05) is 5.56 Å². The van der Waals surface area contributed by atoms with Gasteiger partial charge in [0.15, 0.2) is 11.5 Å². The summed E-state index contributed by atoms with van der Waals surface area (Å²) < 4.78 is 11.5. The lowest BCUT2D eigenvalue weighted by Crippen LogP contribution is -2.12. The van der Waals surface area contributed by atoms with Gasteiger partial charge >= 0.3 is 0 Å². The summed E-state index contributed by atoms with van der Waals surface area (Å²) in [5.74, 6) is 0.855. The third kappa shape index (κ3) is 5.02. The fraction of sp³-hybridized carbons (Fsp3) is 0.136. The highest BCUT2D eigenvalue weighted by molar-refractivity contribution is 6.33. The van der Waals surface area contributed by atoms with E-state index in [0.717, 1.165) is 5.56 Å². The number of rotatable bonds is 7. The lowest BCUT2D eigenvalue weighted by Gasteiger charge is -2.14. The van der Waals surface area contributed by atoms with Crippen molar-refractivity contribution in [2.24, 2.45) is 0 Å². The van der Waals surface area contributed by atoms with Crippen molar-refractivity contribution in [3.05, 3.63) is 88.9 Å². The summed E-state index contributed by atoms with van der Waals surface area (Å²) in [5, 5.41) is 3.29. The SMILES string of the molecule is CCOc1cc(C(=O)Nc2ccccc2Cl)ccc1OCc1ccccc1. The molecule has 0 spiro atoms. The van der Waals surface area contributed by atoms with Crippen LogP contribution in [0.5, 0.6) is 11.5 Å². The topological polar surface area (TPSA) is 47.6 Å². The second kappa shape index (κ2) is 9.10. The molecule has 0 saturated carbocycles. The largest absolute Gasteiger partial charge is 0.490 e. The fourth-order valence-electron chi connectivity index (χ4n) is 2.53. The molecule has 1 amide bonds. The molecule has 0 atom stereocenters. The standard InChI is InChI=1S/C22H20ClNO3/c1-2-26-21-14-17(22(25)24-19-11-7-6-10-18(19)23)12-13-20(21)27-15-16-8-4-3-5-9-16/h3-14H,2,15H2,1H3,(H,24,25). The molecular weight excluding hydrogens is 362 g/mol. The van der Waals surface area contributed by atoms with E-state index in [2.05, 4.69) is 5.32 Å². The second-order valence-electron chi connectivity index (χ2n) is 5.80. The Kier molecular flexibility index (Phi) is 6.34. The van der Waals surface area contributed by atoms with Gasteiger partial charge in [-0.2, -0.15) is 0 Å². The van der Waals surface area contributed by atoms with E-state index in [1.54, 1.807) is 30.3 Å². The molecule has 0 unspecified atom stereocenters. The monoisotopic (exact) mass is 381 g/mol. The number of halogens is 1. The predicted molar refractivity (Wildman–Crippen MR) is 108 cm³/mol. The molecule has 27 heavy (non-hydrogen) atoms. The van der Waals surface area contributed by atoms with Crippen molar-refractivity contribution >= 4 is 23.2 Å². The smallest absolute Gasteiger partial charge is 0.255 e. The molecule has 0 heterocycles. The van der Waals surface area contributed by atoms with E-state index < -0.39 is 0 Å². The number of anilines is 1. The van der Waals surface area contributed by atoms with Crippen LogP contribution in [0.25, 0.3) is 0 Å². The summed E-state index contributed by atoms with van der Waals surface area (Å²) in [6.07, 6.45) is 0. The van der Waals surface area contributed by atoms with Crippen LogP contribution in [0.2, 0.25) is 5.02 Å². The van der Waals surface area contributed by atoms with Crippen LogP contribution in [-0.4, -0.2) is 12.5 Å². The number of benzene rings is 3. The second-order valence-corrected chi connectivity index (χ2v) is 6.21. The maximum atomic E-state index is 12.5. The first-order chi connectivity index (χ1) is 13.2. The van der Waals surface area contributed by atoms with Gasteiger partial charge in [-0.05, 0) is 42.8 Å². The third-order valence-corrected chi connectivity index (χ3v) is 4.19. The van der Waals surface area contributed by atoms with Crippen LogP contribution >= 0.6 is 11.6 Å². The van der Waals surface area contributed by atoms with Crippen molar-refractivity contribution in [1.29, 1.82) is 0 Å². The summed E-state index contributed by atoms with van der Waals surface area (Å²) in [4.78, 5) is 12.5. The van der Waals surface area contributed by atoms with E-state index in [-0.39, 0.29) is 5.91 Å². The highest BCUT2D eigenvalue weighted by atomic mass is 35.5. The minimum absolute atomic E-state index is 0.265. The molecule has 0 fully saturated rings. The van der Waals surface area contributed by atoms with Gasteiger partial charge in [-0.25, -0.2) is 0 Å². The molecule has 0 aliphatic carbocycles. The fourth-order valence-corrected chi connectivity index (χ4v) is 2.71. The Morgan fingerprint density at radius 1 is 0.926 bits per heavy atom. The predicted octanol–water partition coefficient (Wildman–Crippen LogP) is 5.57. The number of hydrogen-bond acceptors (Lipinski definition) is 3. The van der Waals surface area contributed by atoms with Crippen LogP contribution in [0.1, 0.15) is 22.8 Å². The highest BCUT2D eigenvalue weighted by Gasteiger charge is 2.13. The van der Waals surface area contributed by atoms with Crippen molar-refractivity contribution in [3.8, 4) is 11.5 Å². The molecule has 4 nitrogen and oxygen atoms in total. The molecule has 0 radical (unpaired) electrons. The first kappa shape index (κ1) is 18.8. The quantitative estimate of drug-likeness (QED) is 0.582. The summed E-state index contributed by atoms with van der Waals surface area (Å²) in [6.45, 7) is 2.78. The van der Waals surface area contributed by atoms with E-state index in [9.17, 15) is 4.79 Å². The number of carbonyl (C=O) groups excluding carboxylic acids is 1. The van der Waals surface area contributed by atoms with Gasteiger partial charge in [0.2, 0.25) is 0 Å². The summed E-state index contributed by atoms with van der Waals surface area (Å²) in [5.41, 5.74) is 2.08. The molecule has 0 aliphatic heterocycles. The lowest BCUT2D eigenvalue weighted by atomic mass is 10.1. The third-order valence-electron chi connectivity index (χ3n) is 3.86. The van der Waals surface area contributed by atoms with Crippen LogP contribution < -0.4 is 14.8 Å². The number of nitrogens with one attached hydrogen (secondary N) is 1. The Balaban J connectivity index is 1.76. The van der Waals surface area contributed by atoms with Crippen molar-refractivity contribution in [2.45, 2.75) is 13.5 Å². The van der Waals surface area contributed by atoms with Crippen molar-refractivity contribution in [1.82, 2.24) is 0 Å². The van der Waals surface area contributed by atoms with Gasteiger partial charge in [0.1, 0.15) is 6.61 Å². The highest BCUT2D eigenvalue weighted by Crippen LogP contribution is 2.30. The Bertz CT molecular complexity index is 912. The average Bonchev–Trinajstić information content (AvgIpc) is 2.69. The molecule has 0 bridgehead atoms. The van der Waals surface area contributed by atoms with Gasteiger partial charge in [0.05, 0.1) is 17.3 Å². The van der Waals surface area contributed by atoms with E-state index in [1.165, 1.54) is 0 Å². The van der Waals surface area contributed by atoms with Gasteiger partial charge < -0.3 is 14.8 Å². The summed E-state index contributed by atoms with van der Waals surface area (Å²) in [6, 6.07) is 22.1. The van der Waals surface area contributed by atoms with Gasteiger partial charge in [-0.1, -0.05) is 54.1 Å². The van der Waals surface area contributed by atoms with Crippen LogP contribution in [0.3, 0.4) is 0 Å². The molecule has 3 rings (SSSR count). The molecule has 138 valence electrons. The van der Waals surface area contributed by atoms with E-state index in [1.807, 2.05) is 49.4 Å². The Hall–Kier alpha value is -2.98. The van der Waals surface area contributed by atoms with Crippen LogP contribution in [0, 0.1) is 0 Å². The molecule has 0 saturated heterocycles. The van der Waals surface area contributed by atoms with Crippen molar-refractivity contribution < 1.29 is 14.3 Å². The maximum Gasteiger partial charge on any atom is 0.255 e. The molecular formula is C22H20ClNO3. The minimum Gasteiger partial charge on any atom is -0.490 e. The normalized spacial score (nSPS) is 10.3. The zero-order valence-electron chi connectivity index (χ0n) is 14.9.